The van der Waals surface area contributed by atoms with Crippen molar-refractivity contribution in [2.24, 2.45) is 11.8 Å². The highest BCUT2D eigenvalue weighted by Crippen LogP contribution is 2.46. The maximum atomic E-state index is 5.22. The first-order chi connectivity index (χ1) is 9.22. The number of nitrogens with zero attached hydrogens (tertiary/aromatic N) is 1. The van der Waals surface area contributed by atoms with Crippen LogP contribution in [0.4, 0.5) is 0 Å². The zero-order chi connectivity index (χ0) is 13.4. The Labute approximate surface area is 115 Å². The van der Waals surface area contributed by atoms with Crippen LogP contribution in [0.1, 0.15) is 25.3 Å². The lowest BCUT2D eigenvalue weighted by Crippen LogP contribution is -2.64. The Bertz CT molecular complexity index is 425. The molecule has 2 heterocycles. The first-order valence-electron chi connectivity index (χ1n) is 7.29. The SMILES string of the molecule is CNC1C(C)C2CC(C2)N1Cc1ccc(OC)cc1. The van der Waals surface area contributed by atoms with Gasteiger partial charge in [-0.3, -0.25) is 4.90 Å². The third kappa shape index (κ3) is 2.26. The molecule has 104 valence electrons. The van der Waals surface area contributed by atoms with E-state index in [0.717, 1.165) is 30.2 Å². The van der Waals surface area contributed by atoms with E-state index in [1.165, 1.54) is 18.4 Å². The Morgan fingerprint density at radius 1 is 1.26 bits per heavy atom. The first kappa shape index (κ1) is 12.9. The van der Waals surface area contributed by atoms with E-state index in [0.29, 0.717) is 6.17 Å². The van der Waals surface area contributed by atoms with Crippen LogP contribution in [0.3, 0.4) is 0 Å². The summed E-state index contributed by atoms with van der Waals surface area (Å²) in [5.74, 6) is 2.63. The molecule has 0 spiro atoms. The van der Waals surface area contributed by atoms with E-state index in [9.17, 15) is 0 Å². The largest absolute Gasteiger partial charge is 0.497 e. The minimum atomic E-state index is 0.527. The highest BCUT2D eigenvalue weighted by Gasteiger charge is 2.47. The van der Waals surface area contributed by atoms with Gasteiger partial charge in [-0.1, -0.05) is 19.1 Å². The third-order valence-corrected chi connectivity index (χ3v) is 5.04. The summed E-state index contributed by atoms with van der Waals surface area (Å²) >= 11 is 0. The minimum absolute atomic E-state index is 0.527. The number of fused-ring (bicyclic) bond motifs is 2. The highest BCUT2D eigenvalue weighted by atomic mass is 16.5. The van der Waals surface area contributed by atoms with E-state index < -0.39 is 0 Å². The summed E-state index contributed by atoms with van der Waals surface area (Å²) in [6, 6.07) is 9.25. The van der Waals surface area contributed by atoms with Crippen LogP contribution in [0.2, 0.25) is 0 Å². The summed E-state index contributed by atoms with van der Waals surface area (Å²) in [6.07, 6.45) is 3.30. The topological polar surface area (TPSA) is 24.5 Å². The monoisotopic (exact) mass is 260 g/mol. The smallest absolute Gasteiger partial charge is 0.118 e. The molecule has 0 radical (unpaired) electrons. The van der Waals surface area contributed by atoms with Crippen LogP contribution in [-0.2, 0) is 6.54 Å². The van der Waals surface area contributed by atoms with Gasteiger partial charge in [0.25, 0.3) is 0 Å². The summed E-state index contributed by atoms with van der Waals surface area (Å²) in [5.41, 5.74) is 1.37. The molecule has 3 aliphatic rings. The molecule has 2 saturated heterocycles. The van der Waals surface area contributed by atoms with Crippen molar-refractivity contribution in [1.82, 2.24) is 10.2 Å². The number of methoxy groups -OCH3 is 1. The maximum Gasteiger partial charge on any atom is 0.118 e. The van der Waals surface area contributed by atoms with Gasteiger partial charge in [0.2, 0.25) is 0 Å². The lowest BCUT2D eigenvalue weighted by Gasteiger charge is -2.57. The van der Waals surface area contributed by atoms with Crippen molar-refractivity contribution in [3.8, 4) is 5.75 Å². The number of piperidine rings is 2. The molecule has 1 saturated carbocycles. The molecule has 1 aromatic carbocycles. The summed E-state index contributed by atoms with van der Waals surface area (Å²) in [4.78, 5) is 2.65. The molecule has 3 heteroatoms. The normalized spacial score (nSPS) is 33.8. The number of benzene rings is 1. The quantitative estimate of drug-likeness (QED) is 0.900. The predicted octanol–water partition coefficient (Wildman–Crippen LogP) is 2.47. The molecule has 0 amide bonds. The van der Waals surface area contributed by atoms with Gasteiger partial charge in [0.1, 0.15) is 5.75 Å². The van der Waals surface area contributed by atoms with Gasteiger partial charge >= 0.3 is 0 Å². The fourth-order valence-electron chi connectivity index (χ4n) is 3.71. The number of hydrogen-bond donors (Lipinski definition) is 1. The molecule has 1 aromatic rings. The second-order valence-electron chi connectivity index (χ2n) is 6.00. The van der Waals surface area contributed by atoms with E-state index in [2.05, 4.69) is 48.5 Å². The molecule has 19 heavy (non-hydrogen) atoms. The van der Waals surface area contributed by atoms with Crippen LogP contribution in [0, 0.1) is 11.8 Å². The van der Waals surface area contributed by atoms with Crippen LogP contribution in [0.25, 0.3) is 0 Å². The van der Waals surface area contributed by atoms with Gasteiger partial charge in [-0.2, -0.15) is 0 Å². The molecule has 1 aliphatic carbocycles. The van der Waals surface area contributed by atoms with Crippen molar-refractivity contribution >= 4 is 0 Å². The van der Waals surface area contributed by atoms with E-state index in [-0.39, 0.29) is 0 Å². The zero-order valence-electron chi connectivity index (χ0n) is 12.1. The second kappa shape index (κ2) is 5.14. The predicted molar refractivity (Wildman–Crippen MR) is 77.1 cm³/mol. The van der Waals surface area contributed by atoms with E-state index in [1.54, 1.807) is 7.11 Å². The standard InChI is InChI=1S/C16H24N2O/c1-11-13-8-14(9-13)18(16(11)17-2)10-12-4-6-15(19-3)7-5-12/h4-7,11,13-14,16-17H,8-10H2,1-3H3. The van der Waals surface area contributed by atoms with Crippen molar-refractivity contribution in [1.29, 1.82) is 0 Å². The maximum absolute atomic E-state index is 5.22. The molecule has 2 atom stereocenters. The number of nitrogens with one attached hydrogen (secondary N) is 1. The van der Waals surface area contributed by atoms with Gasteiger partial charge in [0.15, 0.2) is 0 Å². The van der Waals surface area contributed by atoms with E-state index in [4.69, 9.17) is 4.74 Å². The van der Waals surface area contributed by atoms with Crippen molar-refractivity contribution in [3.05, 3.63) is 29.8 Å². The second-order valence-corrected chi connectivity index (χ2v) is 6.00. The Morgan fingerprint density at radius 3 is 2.53 bits per heavy atom. The zero-order valence-corrected chi connectivity index (χ0v) is 12.1. The van der Waals surface area contributed by atoms with Gasteiger partial charge in [0, 0.05) is 12.6 Å². The van der Waals surface area contributed by atoms with Gasteiger partial charge in [-0.15, -0.1) is 0 Å². The lowest BCUT2D eigenvalue weighted by atomic mass is 9.66. The van der Waals surface area contributed by atoms with E-state index in [1.807, 2.05) is 0 Å². The van der Waals surface area contributed by atoms with Crippen molar-refractivity contribution in [2.45, 2.75) is 38.5 Å². The van der Waals surface area contributed by atoms with Crippen LogP contribution < -0.4 is 10.1 Å². The van der Waals surface area contributed by atoms with Gasteiger partial charge in [-0.25, -0.2) is 0 Å². The van der Waals surface area contributed by atoms with Crippen LogP contribution >= 0.6 is 0 Å². The number of rotatable bonds is 4. The Morgan fingerprint density at radius 2 is 1.95 bits per heavy atom. The van der Waals surface area contributed by atoms with Gasteiger partial charge in [0.05, 0.1) is 13.3 Å². The molecule has 3 nitrogen and oxygen atoms in total. The Kier molecular flexibility index (Phi) is 3.50. The summed E-state index contributed by atoms with van der Waals surface area (Å²) in [6.45, 7) is 3.43. The molecule has 2 bridgehead atoms. The average molecular weight is 260 g/mol. The van der Waals surface area contributed by atoms with Crippen LogP contribution in [-0.4, -0.2) is 31.3 Å². The number of hydrogen-bond acceptors (Lipinski definition) is 3. The third-order valence-electron chi connectivity index (χ3n) is 5.04. The molecular weight excluding hydrogens is 236 g/mol. The first-order valence-corrected chi connectivity index (χ1v) is 7.29. The Hall–Kier alpha value is -1.06. The average Bonchev–Trinajstić information content (AvgIpc) is 2.38. The molecule has 2 aliphatic heterocycles. The molecule has 1 N–H and O–H groups in total. The molecule has 2 unspecified atom stereocenters. The summed E-state index contributed by atoms with van der Waals surface area (Å²) < 4.78 is 5.22. The Balaban J connectivity index is 1.73. The highest BCUT2D eigenvalue weighted by molar-refractivity contribution is 5.27. The lowest BCUT2D eigenvalue weighted by molar-refractivity contribution is -0.0895. The molecule has 3 fully saturated rings. The van der Waals surface area contributed by atoms with Crippen molar-refractivity contribution < 1.29 is 4.74 Å². The fourth-order valence-corrected chi connectivity index (χ4v) is 3.71. The van der Waals surface area contributed by atoms with Gasteiger partial charge < -0.3 is 10.1 Å². The summed E-state index contributed by atoms with van der Waals surface area (Å²) in [5, 5.41) is 3.51. The van der Waals surface area contributed by atoms with E-state index >= 15 is 0 Å². The molecule has 4 rings (SSSR count). The van der Waals surface area contributed by atoms with Crippen LogP contribution in [0.5, 0.6) is 5.75 Å². The van der Waals surface area contributed by atoms with Crippen molar-refractivity contribution in [2.75, 3.05) is 14.2 Å². The van der Waals surface area contributed by atoms with Crippen LogP contribution in [0.15, 0.2) is 24.3 Å². The molecular formula is C16H24N2O. The fraction of sp³-hybridized carbons (Fsp3) is 0.625. The number of ether oxygens (including phenoxy) is 1. The summed E-state index contributed by atoms with van der Waals surface area (Å²) in [7, 11) is 3.81. The van der Waals surface area contributed by atoms with Gasteiger partial charge in [-0.05, 0) is 49.4 Å². The minimum Gasteiger partial charge on any atom is -0.497 e. The molecule has 0 aromatic heterocycles. The van der Waals surface area contributed by atoms with Crippen molar-refractivity contribution in [3.63, 3.8) is 0 Å².